The molecule has 2 saturated heterocycles. The summed E-state index contributed by atoms with van der Waals surface area (Å²) >= 11 is 0. The fraction of sp³-hybridized carbons (Fsp3) is 0.450. The summed E-state index contributed by atoms with van der Waals surface area (Å²) in [5, 5.41) is 3.09. The van der Waals surface area contributed by atoms with Gasteiger partial charge in [-0.15, -0.1) is 0 Å². The van der Waals surface area contributed by atoms with Crippen molar-refractivity contribution in [2.45, 2.75) is 45.2 Å². The Morgan fingerprint density at radius 1 is 1.20 bits per heavy atom. The van der Waals surface area contributed by atoms with E-state index in [-0.39, 0.29) is 11.5 Å². The third kappa shape index (κ3) is 4.42. The van der Waals surface area contributed by atoms with Crippen molar-refractivity contribution >= 4 is 29.7 Å². The number of esters is 1. The van der Waals surface area contributed by atoms with Crippen LogP contribution >= 0.6 is 0 Å². The average molecular weight is 416 g/mol. The molecule has 1 aromatic rings. The van der Waals surface area contributed by atoms with Crippen LogP contribution in [0.1, 0.15) is 49.0 Å². The molecule has 2 fully saturated rings. The van der Waals surface area contributed by atoms with E-state index in [2.05, 4.69) is 10.7 Å². The molecule has 5 amide bonds. The second kappa shape index (κ2) is 8.52. The topological polar surface area (TPSA) is 125 Å². The molecular formula is C20H24N4O6. The largest absolute Gasteiger partial charge is 0.452 e. The molecule has 10 heteroatoms. The van der Waals surface area contributed by atoms with Gasteiger partial charge in [0.15, 0.2) is 6.61 Å². The molecule has 1 aromatic carbocycles. The van der Waals surface area contributed by atoms with Gasteiger partial charge in [0.05, 0.1) is 5.56 Å². The van der Waals surface area contributed by atoms with E-state index in [9.17, 15) is 24.0 Å². The first-order valence-corrected chi connectivity index (χ1v) is 9.73. The number of hydrogen-bond acceptors (Lipinski definition) is 6. The van der Waals surface area contributed by atoms with Crippen molar-refractivity contribution in [1.82, 2.24) is 20.7 Å². The molecule has 160 valence electrons. The van der Waals surface area contributed by atoms with Crippen LogP contribution in [0.2, 0.25) is 0 Å². The molecule has 2 heterocycles. The van der Waals surface area contributed by atoms with Gasteiger partial charge in [0.2, 0.25) is 5.91 Å². The lowest BCUT2D eigenvalue weighted by molar-refractivity contribution is -0.139. The van der Waals surface area contributed by atoms with Crippen molar-refractivity contribution in [1.29, 1.82) is 0 Å². The molecule has 0 aromatic heterocycles. The fourth-order valence-electron chi connectivity index (χ4n) is 3.23. The summed E-state index contributed by atoms with van der Waals surface area (Å²) in [4.78, 5) is 61.7. The number of nitrogens with zero attached hydrogens (tertiary/aromatic N) is 2. The zero-order chi connectivity index (χ0) is 21.9. The Balaban J connectivity index is 1.49. The summed E-state index contributed by atoms with van der Waals surface area (Å²) in [6.07, 6.45) is 1.78. The minimum atomic E-state index is -1.08. The Morgan fingerprint density at radius 3 is 2.47 bits per heavy atom. The van der Waals surface area contributed by atoms with Crippen LogP contribution in [0.25, 0.3) is 0 Å². The Kier molecular flexibility index (Phi) is 6.04. The molecule has 0 saturated carbocycles. The van der Waals surface area contributed by atoms with Gasteiger partial charge >= 0.3 is 12.0 Å². The minimum Gasteiger partial charge on any atom is -0.452 e. The molecule has 2 aliphatic heterocycles. The highest BCUT2D eigenvalue weighted by Crippen LogP contribution is 2.19. The first kappa shape index (κ1) is 21.3. The number of imide groups is 1. The van der Waals surface area contributed by atoms with E-state index in [1.54, 1.807) is 43.0 Å². The van der Waals surface area contributed by atoms with Crippen molar-refractivity contribution in [3.63, 3.8) is 0 Å². The predicted octanol–water partition coefficient (Wildman–Crippen LogP) is 0.718. The Bertz CT molecular complexity index is 884. The normalized spacial score (nSPS) is 21.1. The average Bonchev–Trinajstić information content (AvgIpc) is 3.22. The summed E-state index contributed by atoms with van der Waals surface area (Å²) in [5.74, 6) is -1.99. The molecular weight excluding hydrogens is 392 g/mol. The van der Waals surface area contributed by atoms with Crippen molar-refractivity contribution in [3.05, 3.63) is 35.4 Å². The van der Waals surface area contributed by atoms with E-state index < -0.39 is 36.0 Å². The molecule has 2 aliphatic rings. The molecule has 3 rings (SSSR count). The third-order valence-electron chi connectivity index (χ3n) is 5.27. The van der Waals surface area contributed by atoms with Gasteiger partial charge in [-0.25, -0.2) is 9.59 Å². The first-order valence-electron chi connectivity index (χ1n) is 9.73. The maximum atomic E-state index is 12.2. The zero-order valence-corrected chi connectivity index (χ0v) is 16.9. The number of hydrogen-bond donors (Lipinski definition) is 2. The van der Waals surface area contributed by atoms with Gasteiger partial charge in [-0.1, -0.05) is 19.1 Å². The molecule has 30 heavy (non-hydrogen) atoms. The van der Waals surface area contributed by atoms with Crippen LogP contribution in [-0.4, -0.2) is 58.3 Å². The van der Waals surface area contributed by atoms with E-state index in [4.69, 9.17) is 4.74 Å². The zero-order valence-electron chi connectivity index (χ0n) is 16.9. The number of carbonyl (C=O) groups excluding carboxylic acids is 5. The molecule has 10 nitrogen and oxygen atoms in total. The third-order valence-corrected chi connectivity index (χ3v) is 5.27. The standard InChI is InChI=1S/C20H24N4O6/c1-3-20(2)18(28)24(19(29)21-20)22-15(25)12-30-17(27)14-8-6-13(7-9-14)11-23-10-4-5-16(23)26/h6-9H,3-5,10-12H2,1-2H3,(H,21,29)(H,22,25). The highest BCUT2D eigenvalue weighted by Gasteiger charge is 2.47. The van der Waals surface area contributed by atoms with Crippen LogP contribution in [0.5, 0.6) is 0 Å². The monoisotopic (exact) mass is 416 g/mol. The lowest BCUT2D eigenvalue weighted by Crippen LogP contribution is -2.49. The maximum Gasteiger partial charge on any atom is 0.344 e. The van der Waals surface area contributed by atoms with Crippen LogP contribution in [0, 0.1) is 0 Å². The van der Waals surface area contributed by atoms with Crippen LogP contribution in [0.4, 0.5) is 4.79 Å². The van der Waals surface area contributed by atoms with Gasteiger partial charge in [-0.05, 0) is 37.5 Å². The number of benzene rings is 1. The van der Waals surface area contributed by atoms with Crippen molar-refractivity contribution < 1.29 is 28.7 Å². The van der Waals surface area contributed by atoms with Crippen molar-refractivity contribution in [3.8, 4) is 0 Å². The fourth-order valence-corrected chi connectivity index (χ4v) is 3.23. The summed E-state index contributed by atoms with van der Waals surface area (Å²) in [5.41, 5.74) is 2.20. The molecule has 1 unspecified atom stereocenters. The maximum absolute atomic E-state index is 12.2. The molecule has 0 bridgehead atoms. The van der Waals surface area contributed by atoms with Gasteiger partial charge < -0.3 is 15.0 Å². The van der Waals surface area contributed by atoms with Gasteiger partial charge in [0, 0.05) is 19.5 Å². The number of likely N-dealkylation sites (tertiary alicyclic amines) is 1. The number of amides is 5. The van der Waals surface area contributed by atoms with Crippen LogP contribution in [-0.2, 0) is 25.7 Å². The second-order valence-corrected chi connectivity index (χ2v) is 7.48. The second-order valence-electron chi connectivity index (χ2n) is 7.48. The molecule has 0 aliphatic carbocycles. The lowest BCUT2D eigenvalue weighted by atomic mass is 10.00. The SMILES string of the molecule is CCC1(C)NC(=O)N(NC(=O)COC(=O)c2ccc(CN3CCCC3=O)cc2)C1=O. The minimum absolute atomic E-state index is 0.119. The number of nitrogens with one attached hydrogen (secondary N) is 2. The van der Waals surface area contributed by atoms with Crippen LogP contribution < -0.4 is 10.7 Å². The number of urea groups is 1. The van der Waals surface area contributed by atoms with E-state index >= 15 is 0 Å². The van der Waals surface area contributed by atoms with Crippen LogP contribution in [0.3, 0.4) is 0 Å². The van der Waals surface area contributed by atoms with Gasteiger partial charge in [0.25, 0.3) is 11.8 Å². The van der Waals surface area contributed by atoms with Crippen molar-refractivity contribution in [2.75, 3.05) is 13.2 Å². The first-order chi connectivity index (χ1) is 14.2. The smallest absolute Gasteiger partial charge is 0.344 e. The quantitative estimate of drug-likeness (QED) is 0.498. The molecule has 0 radical (unpaired) electrons. The number of hydrazine groups is 1. The van der Waals surface area contributed by atoms with Gasteiger partial charge in [0.1, 0.15) is 5.54 Å². The van der Waals surface area contributed by atoms with E-state index in [1.807, 2.05) is 0 Å². The lowest BCUT2D eigenvalue weighted by Gasteiger charge is -2.19. The number of rotatable bonds is 7. The summed E-state index contributed by atoms with van der Waals surface area (Å²) in [6, 6.07) is 5.82. The summed E-state index contributed by atoms with van der Waals surface area (Å²) in [7, 11) is 0. The summed E-state index contributed by atoms with van der Waals surface area (Å²) < 4.78 is 4.95. The van der Waals surface area contributed by atoms with Crippen molar-refractivity contribution in [2.24, 2.45) is 0 Å². The number of carbonyl (C=O) groups is 5. The van der Waals surface area contributed by atoms with Crippen LogP contribution in [0.15, 0.2) is 24.3 Å². The van der Waals surface area contributed by atoms with E-state index in [0.717, 1.165) is 18.5 Å². The Labute approximate surface area is 173 Å². The Morgan fingerprint density at radius 2 is 1.90 bits per heavy atom. The highest BCUT2D eigenvalue weighted by atomic mass is 16.5. The van der Waals surface area contributed by atoms with Gasteiger partial charge in [-0.2, -0.15) is 5.01 Å². The predicted molar refractivity (Wildman–Crippen MR) is 104 cm³/mol. The van der Waals surface area contributed by atoms with Gasteiger partial charge in [-0.3, -0.25) is 19.8 Å². The summed E-state index contributed by atoms with van der Waals surface area (Å²) in [6.45, 7) is 3.86. The number of ether oxygens (including phenoxy) is 1. The molecule has 0 spiro atoms. The molecule has 1 atom stereocenters. The van der Waals surface area contributed by atoms with E-state index in [1.165, 1.54) is 0 Å². The Hall–Kier alpha value is -3.43. The highest BCUT2D eigenvalue weighted by molar-refractivity contribution is 6.07. The molecule has 2 N–H and O–H groups in total. The van der Waals surface area contributed by atoms with E-state index in [0.29, 0.717) is 24.4 Å².